The first-order valence-corrected chi connectivity index (χ1v) is 25.8. The van der Waals surface area contributed by atoms with Crippen molar-refractivity contribution in [3.63, 3.8) is 0 Å². The summed E-state index contributed by atoms with van der Waals surface area (Å²) in [6.45, 7) is 13.4. The minimum absolute atomic E-state index is 0.0198. The summed E-state index contributed by atoms with van der Waals surface area (Å²) < 4.78 is 113. The number of hydrogen-bond acceptors (Lipinski definition) is 17. The quantitative estimate of drug-likeness (QED) is 0.0276. The van der Waals surface area contributed by atoms with Gasteiger partial charge >= 0.3 is 5.97 Å². The van der Waals surface area contributed by atoms with Gasteiger partial charge in [0, 0.05) is 44.2 Å². The molecule has 0 saturated heterocycles. The van der Waals surface area contributed by atoms with E-state index in [1.54, 1.807) is 11.3 Å². The van der Waals surface area contributed by atoms with E-state index in [-0.39, 0.29) is 37.2 Å². The molecule has 72 heavy (non-hydrogen) atoms. The van der Waals surface area contributed by atoms with Crippen LogP contribution in [0.1, 0.15) is 50.3 Å². The normalized spacial score (nSPS) is 18.2. The molecule has 2 aromatic rings. The maximum Gasteiger partial charge on any atom is 0.313 e. The molecule has 2 bridgehead atoms. The lowest BCUT2D eigenvalue weighted by Crippen LogP contribution is -2.45. The highest BCUT2D eigenvalue weighted by atomic mass is 32.1. The molecule has 6 rings (SSSR count). The Hall–Kier alpha value is -3.65. The van der Waals surface area contributed by atoms with E-state index in [9.17, 15) is 27.2 Å². The molecule has 2 heterocycles. The maximum absolute atomic E-state index is 13.8. The Morgan fingerprint density at radius 2 is 1.17 bits per heavy atom. The number of carbonyl (C=O) groups is 2. The van der Waals surface area contributed by atoms with Gasteiger partial charge in [-0.2, -0.15) is 8.78 Å². The number of amides is 1. The average Bonchev–Trinajstić information content (AvgIpc) is 4.00. The molecule has 22 heteroatoms. The fourth-order valence-electron chi connectivity index (χ4n) is 8.82. The second-order valence-electron chi connectivity index (χ2n) is 17.9. The zero-order valence-corrected chi connectivity index (χ0v) is 42.6. The van der Waals surface area contributed by atoms with Crippen LogP contribution in [0.4, 0.5) is 23.2 Å². The van der Waals surface area contributed by atoms with Crippen molar-refractivity contribution in [1.82, 2.24) is 9.80 Å². The lowest BCUT2D eigenvalue weighted by Gasteiger charge is -2.42. The molecule has 3 fully saturated rings. The second kappa shape index (κ2) is 33.3. The zero-order valence-electron chi connectivity index (χ0n) is 41.8. The number of benzene rings is 1. The summed E-state index contributed by atoms with van der Waals surface area (Å²) in [6, 6.07) is 1.97. The highest BCUT2D eigenvalue weighted by molar-refractivity contribution is 7.11. The predicted octanol–water partition coefficient (Wildman–Crippen LogP) is 5.83. The van der Waals surface area contributed by atoms with Crippen molar-refractivity contribution in [2.75, 3.05) is 165 Å². The van der Waals surface area contributed by atoms with Crippen molar-refractivity contribution in [3.8, 4) is 5.75 Å². The van der Waals surface area contributed by atoms with E-state index in [0.717, 1.165) is 61.1 Å². The molecule has 4 aliphatic rings. The third-order valence-corrected chi connectivity index (χ3v) is 13.1. The summed E-state index contributed by atoms with van der Waals surface area (Å²) in [5.74, 6) is -7.53. The largest absolute Gasteiger partial charge is 0.420 e. The molecule has 1 aromatic heterocycles. The molecule has 3 aliphatic carbocycles. The number of rotatable bonds is 41. The van der Waals surface area contributed by atoms with Crippen LogP contribution in [0.2, 0.25) is 0 Å². The SMILES string of the molecule is CCCN(CC12CC(C1)[C@H](CN(C)CCOCCOCCOCCOCCOCCOCCOCCOCCOCCOCCC(=O)Oc1c(F)c(F)cc(F)c1F)C2)C(=O)C1=Cc2sccc2N=C(N)C1. The lowest BCUT2D eigenvalue weighted by atomic mass is 9.69. The number of nitrogens with zero attached hydrogens (tertiary/aromatic N) is 3. The first-order valence-electron chi connectivity index (χ1n) is 24.9. The summed E-state index contributed by atoms with van der Waals surface area (Å²) in [5, 5.41) is 1.99. The first-order chi connectivity index (χ1) is 35.0. The van der Waals surface area contributed by atoms with Crippen molar-refractivity contribution in [2.45, 2.75) is 45.4 Å². The fraction of sp³-hybridized carbons (Fsp3) is 0.700. The van der Waals surface area contributed by atoms with E-state index in [4.69, 9.17) is 53.1 Å². The van der Waals surface area contributed by atoms with Gasteiger partial charge in [-0.3, -0.25) is 9.59 Å². The van der Waals surface area contributed by atoms with E-state index in [2.05, 4.69) is 33.5 Å². The van der Waals surface area contributed by atoms with Crippen LogP contribution in [0.3, 0.4) is 0 Å². The molecule has 0 radical (unpaired) electrons. The molecule has 1 aliphatic heterocycles. The molecular formula is C50H74F4N4O13S. The van der Waals surface area contributed by atoms with Crippen LogP contribution in [0.15, 0.2) is 28.1 Å². The number of carbonyl (C=O) groups excluding carboxylic acids is 2. The Balaban J connectivity index is 0.712. The number of fused-ring (bicyclic) bond motifs is 2. The van der Waals surface area contributed by atoms with Gasteiger partial charge in [0.15, 0.2) is 11.6 Å². The Morgan fingerprint density at radius 3 is 1.65 bits per heavy atom. The number of thiophene rings is 1. The van der Waals surface area contributed by atoms with Gasteiger partial charge in [-0.1, -0.05) is 6.92 Å². The van der Waals surface area contributed by atoms with Crippen molar-refractivity contribution in [2.24, 2.45) is 28.0 Å². The van der Waals surface area contributed by atoms with Crippen LogP contribution in [0.25, 0.3) is 6.08 Å². The Labute approximate surface area is 424 Å². The Kier molecular flexibility index (Phi) is 27.4. The number of halogens is 4. The first kappa shape index (κ1) is 59.2. The van der Waals surface area contributed by atoms with Crippen molar-refractivity contribution in [3.05, 3.63) is 51.2 Å². The molecule has 1 amide bonds. The number of nitrogens with two attached hydrogens (primary N) is 1. The van der Waals surface area contributed by atoms with Crippen LogP contribution in [-0.2, 0) is 57.0 Å². The van der Waals surface area contributed by atoms with Crippen LogP contribution >= 0.6 is 11.3 Å². The zero-order chi connectivity index (χ0) is 51.4. The van der Waals surface area contributed by atoms with Crippen LogP contribution < -0.4 is 10.5 Å². The Morgan fingerprint density at radius 1 is 0.694 bits per heavy atom. The molecule has 3 saturated carbocycles. The monoisotopic (exact) mass is 1050 g/mol. The van der Waals surface area contributed by atoms with Crippen LogP contribution in [-0.4, -0.2) is 193 Å². The van der Waals surface area contributed by atoms with Gasteiger partial charge in [0.25, 0.3) is 0 Å². The molecule has 0 spiro atoms. The highest BCUT2D eigenvalue weighted by Gasteiger charge is 2.56. The highest BCUT2D eigenvalue weighted by Crippen LogP contribution is 2.62. The van der Waals surface area contributed by atoms with Gasteiger partial charge in [0.2, 0.25) is 23.3 Å². The summed E-state index contributed by atoms with van der Waals surface area (Å²) in [5.41, 5.74) is 8.01. The number of amidine groups is 1. The smallest absolute Gasteiger partial charge is 0.313 e. The average molecular weight is 1050 g/mol. The van der Waals surface area contributed by atoms with E-state index >= 15 is 0 Å². The third-order valence-electron chi connectivity index (χ3n) is 12.2. The van der Waals surface area contributed by atoms with Crippen LogP contribution in [0, 0.1) is 40.5 Å². The van der Waals surface area contributed by atoms with E-state index in [1.165, 1.54) is 12.8 Å². The molecule has 406 valence electrons. The number of likely N-dealkylation sites (N-methyl/N-ethyl adjacent to an activating group) is 1. The molecule has 17 nitrogen and oxygen atoms in total. The van der Waals surface area contributed by atoms with Gasteiger partial charge < -0.3 is 67.6 Å². The standard InChI is InChI=1S/C50H74F4N4O13S/c1-3-6-58(49(60)37-29-43-42(5-28-72-43)56-44(55)30-37)36-50-32-38(33-50)39(34-50)35-57(2)7-9-62-11-13-64-15-17-66-19-21-68-23-25-70-27-26-69-24-22-67-20-18-65-16-14-63-12-10-61-8-4-45(59)71-48-46(53)40(51)31-41(52)47(48)54/h5,28-29,31,38-39H,3-4,6-27,30,32-36H2,1-2H3,(H2,55,56)/t38?,39-,50?/m0/s1. The molecular weight excluding hydrogens is 973 g/mol. The van der Waals surface area contributed by atoms with Crippen LogP contribution in [0.5, 0.6) is 5.75 Å². The van der Waals surface area contributed by atoms with E-state index in [0.29, 0.717) is 130 Å². The molecule has 0 unspecified atom stereocenters. The van der Waals surface area contributed by atoms with Crippen molar-refractivity contribution in [1.29, 1.82) is 0 Å². The Bertz CT molecular complexity index is 1950. The number of ether oxygens (including phenoxy) is 11. The number of hydrogen-bond donors (Lipinski definition) is 1. The fourth-order valence-corrected chi connectivity index (χ4v) is 9.61. The van der Waals surface area contributed by atoms with Gasteiger partial charge in [-0.25, -0.2) is 13.8 Å². The van der Waals surface area contributed by atoms with Crippen molar-refractivity contribution < 1.29 is 79.3 Å². The molecule has 1 atom stereocenters. The van der Waals surface area contributed by atoms with Gasteiger partial charge in [0.1, 0.15) is 5.84 Å². The summed E-state index contributed by atoms with van der Waals surface area (Å²) in [4.78, 5) is 35.5. The minimum Gasteiger partial charge on any atom is -0.420 e. The summed E-state index contributed by atoms with van der Waals surface area (Å²) >= 11 is 1.59. The number of aliphatic imine (C=N–C) groups is 1. The van der Waals surface area contributed by atoms with Gasteiger partial charge in [0.05, 0.1) is 149 Å². The van der Waals surface area contributed by atoms with Crippen molar-refractivity contribution >= 4 is 40.8 Å². The molecule has 1 aromatic carbocycles. The maximum atomic E-state index is 13.8. The topological polar surface area (TPSA) is 181 Å². The minimum atomic E-state index is -1.80. The van der Waals surface area contributed by atoms with Gasteiger partial charge in [-0.05, 0) is 67.5 Å². The third kappa shape index (κ3) is 20.9. The lowest BCUT2D eigenvalue weighted by molar-refractivity contribution is -0.136. The van der Waals surface area contributed by atoms with E-state index < -0.39 is 41.4 Å². The summed E-state index contributed by atoms with van der Waals surface area (Å²) in [7, 11) is 2.17. The predicted molar refractivity (Wildman–Crippen MR) is 261 cm³/mol. The summed E-state index contributed by atoms with van der Waals surface area (Å²) in [6.07, 6.45) is 6.47. The number of esters is 1. The van der Waals surface area contributed by atoms with Gasteiger partial charge in [-0.15, -0.1) is 11.3 Å². The van der Waals surface area contributed by atoms with E-state index in [1.807, 2.05) is 17.5 Å². The molecule has 2 N–H and O–H groups in total. The second-order valence-corrected chi connectivity index (χ2v) is 18.8.